The standard InChI is InChI=1S/C15H20N2O3S/c1-4-6-13-16-12-8-5-7-11(15(18)19)14(12)17(13)9-10(2)21(3)20/h5,7-8,10H,4,6,9H2,1-3H3,(H,18,19). The van der Waals surface area contributed by atoms with Crippen molar-refractivity contribution in [1.82, 2.24) is 9.55 Å². The number of carbonyl (C=O) groups is 1. The van der Waals surface area contributed by atoms with Crippen LogP contribution in [0.25, 0.3) is 11.0 Å². The fourth-order valence-corrected chi connectivity index (χ4v) is 2.74. The molecule has 1 N–H and O–H groups in total. The first-order valence-electron chi connectivity index (χ1n) is 6.99. The van der Waals surface area contributed by atoms with E-state index in [-0.39, 0.29) is 10.8 Å². The quantitative estimate of drug-likeness (QED) is 0.889. The molecule has 1 aromatic carbocycles. The normalized spacial score (nSPS) is 14.2. The molecule has 0 bridgehead atoms. The number of hydrogen-bond donors (Lipinski definition) is 1. The molecule has 2 atom stereocenters. The molecule has 0 fully saturated rings. The van der Waals surface area contributed by atoms with E-state index in [9.17, 15) is 14.1 Å². The van der Waals surface area contributed by atoms with Gasteiger partial charge in [-0.15, -0.1) is 0 Å². The molecule has 5 nitrogen and oxygen atoms in total. The minimum absolute atomic E-state index is 0.0557. The molecule has 0 saturated heterocycles. The third kappa shape index (κ3) is 3.15. The Hall–Kier alpha value is -1.69. The summed E-state index contributed by atoms with van der Waals surface area (Å²) in [6.07, 6.45) is 3.37. The molecule has 0 saturated carbocycles. The van der Waals surface area contributed by atoms with E-state index >= 15 is 0 Å². The molecular formula is C15H20N2O3S. The second-order valence-electron chi connectivity index (χ2n) is 5.18. The van der Waals surface area contributed by atoms with Crippen LogP contribution >= 0.6 is 0 Å². The van der Waals surface area contributed by atoms with Crippen molar-refractivity contribution in [2.45, 2.75) is 38.5 Å². The first-order chi connectivity index (χ1) is 9.95. The average molecular weight is 308 g/mol. The highest BCUT2D eigenvalue weighted by molar-refractivity contribution is 7.84. The molecule has 0 aliphatic rings. The largest absolute Gasteiger partial charge is 0.478 e. The molecule has 0 spiro atoms. The van der Waals surface area contributed by atoms with Gasteiger partial charge in [-0.3, -0.25) is 4.21 Å². The van der Waals surface area contributed by atoms with Gasteiger partial charge in [0.25, 0.3) is 0 Å². The Labute approximate surface area is 126 Å². The maximum atomic E-state index is 11.7. The number of imidazole rings is 1. The first kappa shape index (κ1) is 15.7. The smallest absolute Gasteiger partial charge is 0.337 e. The van der Waals surface area contributed by atoms with E-state index in [0.29, 0.717) is 17.6 Å². The zero-order valence-electron chi connectivity index (χ0n) is 12.5. The van der Waals surface area contributed by atoms with Crippen molar-refractivity contribution in [2.75, 3.05) is 6.26 Å². The van der Waals surface area contributed by atoms with E-state index in [0.717, 1.165) is 18.7 Å². The van der Waals surface area contributed by atoms with Crippen LogP contribution in [0.3, 0.4) is 0 Å². The lowest BCUT2D eigenvalue weighted by Gasteiger charge is -2.14. The molecule has 0 aliphatic heterocycles. The highest BCUT2D eigenvalue weighted by atomic mass is 32.2. The summed E-state index contributed by atoms with van der Waals surface area (Å²) in [4.78, 5) is 16.0. The Kier molecular flexibility index (Phi) is 4.77. The van der Waals surface area contributed by atoms with E-state index in [1.54, 1.807) is 18.4 Å². The Morgan fingerprint density at radius 1 is 1.48 bits per heavy atom. The second-order valence-corrected chi connectivity index (χ2v) is 6.98. The zero-order chi connectivity index (χ0) is 15.6. The Balaban J connectivity index is 2.64. The lowest BCUT2D eigenvalue weighted by atomic mass is 10.2. The first-order valence-corrected chi connectivity index (χ1v) is 8.61. The number of aromatic carboxylic acids is 1. The third-order valence-corrected chi connectivity index (χ3v) is 4.84. The second kappa shape index (κ2) is 6.39. The highest BCUT2D eigenvalue weighted by Gasteiger charge is 2.19. The van der Waals surface area contributed by atoms with Crippen LogP contribution in [0.1, 0.15) is 36.5 Å². The monoisotopic (exact) mass is 308 g/mol. The van der Waals surface area contributed by atoms with Gasteiger partial charge in [-0.1, -0.05) is 13.0 Å². The van der Waals surface area contributed by atoms with E-state index in [1.807, 2.05) is 17.6 Å². The predicted octanol–water partition coefficient (Wildman–Crippen LogP) is 2.45. The van der Waals surface area contributed by atoms with E-state index in [2.05, 4.69) is 11.9 Å². The average Bonchev–Trinajstić information content (AvgIpc) is 2.76. The van der Waals surface area contributed by atoms with Crippen LogP contribution in [-0.2, 0) is 23.8 Å². The number of benzene rings is 1. The summed E-state index contributed by atoms with van der Waals surface area (Å²) < 4.78 is 13.6. The fourth-order valence-electron chi connectivity index (χ4n) is 2.38. The van der Waals surface area contributed by atoms with Crippen molar-refractivity contribution in [3.63, 3.8) is 0 Å². The molecule has 1 aromatic heterocycles. The zero-order valence-corrected chi connectivity index (χ0v) is 13.3. The van der Waals surface area contributed by atoms with Gasteiger partial charge in [0.2, 0.25) is 0 Å². The maximum absolute atomic E-state index is 11.7. The summed E-state index contributed by atoms with van der Waals surface area (Å²) in [6, 6.07) is 5.12. The molecule has 0 amide bonds. The van der Waals surface area contributed by atoms with E-state index in [1.165, 1.54) is 0 Å². The van der Waals surface area contributed by atoms with E-state index in [4.69, 9.17) is 0 Å². The van der Waals surface area contributed by atoms with Gasteiger partial charge in [0.1, 0.15) is 5.82 Å². The van der Waals surface area contributed by atoms with Crippen LogP contribution in [0.2, 0.25) is 0 Å². The van der Waals surface area contributed by atoms with Gasteiger partial charge < -0.3 is 9.67 Å². The van der Waals surface area contributed by atoms with Gasteiger partial charge in [-0.2, -0.15) is 0 Å². The summed E-state index contributed by atoms with van der Waals surface area (Å²) in [6.45, 7) is 4.48. The molecule has 114 valence electrons. The molecule has 6 heteroatoms. The van der Waals surface area contributed by atoms with Crippen LogP contribution in [0.4, 0.5) is 0 Å². The number of carboxylic acid groups (broad SMARTS) is 1. The van der Waals surface area contributed by atoms with Crippen molar-refractivity contribution >= 4 is 27.8 Å². The molecule has 21 heavy (non-hydrogen) atoms. The summed E-state index contributed by atoms with van der Waals surface area (Å²) in [5.41, 5.74) is 1.56. The number of fused-ring (bicyclic) bond motifs is 1. The number of aromatic nitrogens is 2. The molecule has 1 heterocycles. The summed E-state index contributed by atoms with van der Waals surface area (Å²) >= 11 is 0. The Morgan fingerprint density at radius 2 is 2.19 bits per heavy atom. The van der Waals surface area contributed by atoms with Gasteiger partial charge in [-0.05, 0) is 25.5 Å². The van der Waals surface area contributed by atoms with Crippen molar-refractivity contribution in [1.29, 1.82) is 0 Å². The lowest BCUT2D eigenvalue weighted by molar-refractivity contribution is 0.0698. The number of aryl methyl sites for hydroxylation is 1. The number of nitrogens with zero attached hydrogens (tertiary/aromatic N) is 2. The molecule has 0 aliphatic carbocycles. The summed E-state index contributed by atoms with van der Waals surface area (Å²) in [7, 11) is -0.963. The van der Waals surface area contributed by atoms with Crippen molar-refractivity contribution < 1.29 is 14.1 Å². The SMILES string of the molecule is CCCc1nc2cccc(C(=O)O)c2n1CC(C)S(C)=O. The number of rotatable bonds is 6. The maximum Gasteiger partial charge on any atom is 0.337 e. The van der Waals surface area contributed by atoms with Gasteiger partial charge in [-0.25, -0.2) is 9.78 Å². The van der Waals surface area contributed by atoms with E-state index < -0.39 is 16.8 Å². The van der Waals surface area contributed by atoms with Crippen molar-refractivity contribution in [3.8, 4) is 0 Å². The van der Waals surface area contributed by atoms with Crippen LogP contribution in [-0.4, -0.2) is 36.3 Å². The molecule has 2 rings (SSSR count). The van der Waals surface area contributed by atoms with Crippen LogP contribution in [0.5, 0.6) is 0 Å². The number of hydrogen-bond acceptors (Lipinski definition) is 3. The molecule has 0 radical (unpaired) electrons. The van der Waals surface area contributed by atoms with Crippen molar-refractivity contribution in [2.24, 2.45) is 0 Å². The molecule has 2 unspecified atom stereocenters. The number of carboxylic acids is 1. The van der Waals surface area contributed by atoms with Crippen LogP contribution in [0.15, 0.2) is 18.2 Å². The van der Waals surface area contributed by atoms with Gasteiger partial charge >= 0.3 is 5.97 Å². The van der Waals surface area contributed by atoms with Crippen molar-refractivity contribution in [3.05, 3.63) is 29.6 Å². The molecular weight excluding hydrogens is 288 g/mol. The van der Waals surface area contributed by atoms with Gasteiger partial charge in [0.05, 0.1) is 16.6 Å². The highest BCUT2D eigenvalue weighted by Crippen LogP contribution is 2.22. The predicted molar refractivity (Wildman–Crippen MR) is 84.2 cm³/mol. The Bertz CT molecular complexity index is 694. The minimum Gasteiger partial charge on any atom is -0.478 e. The fraction of sp³-hybridized carbons (Fsp3) is 0.467. The van der Waals surface area contributed by atoms with Gasteiger partial charge in [0, 0.05) is 35.3 Å². The third-order valence-electron chi connectivity index (χ3n) is 3.56. The van der Waals surface area contributed by atoms with Crippen LogP contribution in [0, 0.1) is 0 Å². The Morgan fingerprint density at radius 3 is 2.76 bits per heavy atom. The van der Waals surface area contributed by atoms with Gasteiger partial charge in [0.15, 0.2) is 0 Å². The summed E-state index contributed by atoms with van der Waals surface area (Å²) in [5, 5.41) is 9.33. The lowest BCUT2D eigenvalue weighted by Crippen LogP contribution is -2.19. The molecule has 2 aromatic rings. The number of para-hydroxylation sites is 1. The minimum atomic E-state index is -0.963. The van der Waals surface area contributed by atoms with Crippen LogP contribution < -0.4 is 0 Å². The summed E-state index contributed by atoms with van der Waals surface area (Å²) in [5.74, 6) is -0.103. The topological polar surface area (TPSA) is 72.2 Å².